The molecule has 188 valence electrons. The van der Waals surface area contributed by atoms with Crippen LogP contribution in [0, 0.1) is 5.92 Å². The average molecular weight is 477 g/mol. The van der Waals surface area contributed by atoms with Gasteiger partial charge in [-0.1, -0.05) is 68.6 Å². The van der Waals surface area contributed by atoms with Crippen LogP contribution >= 0.6 is 0 Å². The number of rotatable bonds is 10. The van der Waals surface area contributed by atoms with Crippen molar-refractivity contribution < 1.29 is 14.7 Å². The van der Waals surface area contributed by atoms with Crippen molar-refractivity contribution in [2.75, 3.05) is 13.1 Å². The fourth-order valence-electron chi connectivity index (χ4n) is 5.55. The van der Waals surface area contributed by atoms with Crippen molar-refractivity contribution in [3.8, 4) is 0 Å². The topological polar surface area (TPSA) is 62.1 Å². The third-order valence-electron chi connectivity index (χ3n) is 7.77. The van der Waals surface area contributed by atoms with E-state index in [1.165, 1.54) is 54.4 Å². The van der Waals surface area contributed by atoms with Crippen molar-refractivity contribution in [3.05, 3.63) is 69.8 Å². The molecule has 1 heterocycles. The predicted octanol–water partition coefficient (Wildman–Crippen LogP) is 6.32. The Balaban J connectivity index is 1.35. The van der Waals surface area contributed by atoms with E-state index in [9.17, 15) is 4.79 Å². The summed E-state index contributed by atoms with van der Waals surface area (Å²) in [7, 11) is 0. The lowest BCUT2D eigenvalue weighted by atomic mass is 9.81. The van der Waals surface area contributed by atoms with Crippen molar-refractivity contribution in [1.29, 1.82) is 0 Å². The Labute approximate surface area is 210 Å². The number of aryl methyl sites for hydroxylation is 2. The highest BCUT2D eigenvalue weighted by Crippen LogP contribution is 2.35. The Bertz CT molecular complexity index is 1050. The van der Waals surface area contributed by atoms with Crippen molar-refractivity contribution in [2.24, 2.45) is 11.1 Å². The van der Waals surface area contributed by atoms with Gasteiger partial charge in [0.25, 0.3) is 0 Å². The zero-order valence-electron chi connectivity index (χ0n) is 21.6. The third-order valence-corrected chi connectivity index (χ3v) is 7.77. The molecule has 0 bridgehead atoms. The summed E-state index contributed by atoms with van der Waals surface area (Å²) < 4.78 is 0. The second kappa shape index (κ2) is 11.9. The smallest absolute Gasteiger partial charge is 0.309 e. The molecule has 2 aromatic rings. The van der Waals surface area contributed by atoms with E-state index in [0.29, 0.717) is 19.7 Å². The van der Waals surface area contributed by atoms with Gasteiger partial charge >= 0.3 is 5.97 Å². The Morgan fingerprint density at radius 3 is 2.43 bits per heavy atom. The van der Waals surface area contributed by atoms with E-state index in [1.807, 2.05) is 6.92 Å². The van der Waals surface area contributed by atoms with Gasteiger partial charge in [-0.05, 0) is 78.0 Å². The molecule has 35 heavy (non-hydrogen) atoms. The van der Waals surface area contributed by atoms with E-state index in [0.717, 1.165) is 42.1 Å². The van der Waals surface area contributed by atoms with Gasteiger partial charge in [0.1, 0.15) is 6.61 Å². The molecule has 1 saturated heterocycles. The highest BCUT2D eigenvalue weighted by Gasteiger charge is 2.32. The molecule has 1 aliphatic heterocycles. The van der Waals surface area contributed by atoms with Gasteiger partial charge in [0.2, 0.25) is 0 Å². The SMILES string of the molecule is CCc1cc(CON=C(C)c2ccc(C3CCCCC3)c(CC)c2)ccc1CN1CC(C(=O)O)C1. The summed E-state index contributed by atoms with van der Waals surface area (Å²) in [6.07, 6.45) is 8.72. The maximum absolute atomic E-state index is 11.0. The number of carboxylic acid groups (broad SMARTS) is 1. The number of carbonyl (C=O) groups is 1. The van der Waals surface area contributed by atoms with Crippen molar-refractivity contribution >= 4 is 11.7 Å². The van der Waals surface area contributed by atoms with E-state index in [2.05, 4.69) is 60.3 Å². The minimum Gasteiger partial charge on any atom is -0.481 e. The fraction of sp³-hybridized carbons (Fsp3) is 0.533. The van der Waals surface area contributed by atoms with Crippen LogP contribution in [-0.4, -0.2) is 34.8 Å². The molecule has 2 aliphatic rings. The van der Waals surface area contributed by atoms with Gasteiger partial charge < -0.3 is 9.94 Å². The largest absolute Gasteiger partial charge is 0.481 e. The first-order valence-corrected chi connectivity index (χ1v) is 13.3. The summed E-state index contributed by atoms with van der Waals surface area (Å²) >= 11 is 0. The van der Waals surface area contributed by atoms with Crippen LogP contribution in [0.25, 0.3) is 0 Å². The van der Waals surface area contributed by atoms with E-state index in [1.54, 1.807) is 0 Å². The lowest BCUT2D eigenvalue weighted by molar-refractivity contribution is -0.147. The van der Waals surface area contributed by atoms with E-state index < -0.39 is 5.97 Å². The Morgan fingerprint density at radius 1 is 1.00 bits per heavy atom. The molecule has 2 aromatic carbocycles. The van der Waals surface area contributed by atoms with Gasteiger partial charge in [-0.15, -0.1) is 0 Å². The Kier molecular flexibility index (Phi) is 8.61. The molecule has 0 radical (unpaired) electrons. The van der Waals surface area contributed by atoms with Gasteiger partial charge in [-0.2, -0.15) is 0 Å². The Morgan fingerprint density at radius 2 is 1.74 bits per heavy atom. The second-order valence-corrected chi connectivity index (χ2v) is 10.2. The lowest BCUT2D eigenvalue weighted by Gasteiger charge is -2.37. The zero-order valence-corrected chi connectivity index (χ0v) is 21.6. The van der Waals surface area contributed by atoms with Gasteiger partial charge in [0.15, 0.2) is 0 Å². The van der Waals surface area contributed by atoms with Crippen LogP contribution in [0.2, 0.25) is 0 Å². The molecule has 5 heteroatoms. The number of oxime groups is 1. The number of aliphatic carboxylic acids is 1. The van der Waals surface area contributed by atoms with Gasteiger partial charge in [0, 0.05) is 19.6 Å². The molecule has 1 N–H and O–H groups in total. The van der Waals surface area contributed by atoms with E-state index >= 15 is 0 Å². The number of nitrogens with zero attached hydrogens (tertiary/aromatic N) is 2. The molecule has 2 fully saturated rings. The number of hydrogen-bond donors (Lipinski definition) is 1. The van der Waals surface area contributed by atoms with Crippen LogP contribution in [0.4, 0.5) is 0 Å². The fourth-order valence-corrected chi connectivity index (χ4v) is 5.55. The first-order chi connectivity index (χ1) is 17.0. The predicted molar refractivity (Wildman–Crippen MR) is 141 cm³/mol. The molecular weight excluding hydrogens is 436 g/mol. The summed E-state index contributed by atoms with van der Waals surface area (Å²) in [6.45, 7) is 8.95. The molecule has 1 saturated carbocycles. The highest BCUT2D eigenvalue weighted by atomic mass is 16.6. The van der Waals surface area contributed by atoms with Crippen LogP contribution in [-0.2, 0) is 35.6 Å². The first kappa shape index (κ1) is 25.4. The summed E-state index contributed by atoms with van der Waals surface area (Å²) in [5, 5.41) is 13.5. The highest BCUT2D eigenvalue weighted by molar-refractivity contribution is 5.98. The molecule has 0 amide bonds. The molecule has 0 spiro atoms. The van der Waals surface area contributed by atoms with Crippen LogP contribution < -0.4 is 0 Å². The molecule has 5 nitrogen and oxygen atoms in total. The molecule has 0 unspecified atom stereocenters. The summed E-state index contributed by atoms with van der Waals surface area (Å²) in [5.74, 6) is -0.186. The number of hydrogen-bond acceptors (Lipinski definition) is 4. The number of carboxylic acids is 1. The number of likely N-dealkylation sites (tertiary alicyclic amines) is 1. The first-order valence-electron chi connectivity index (χ1n) is 13.3. The van der Waals surface area contributed by atoms with Crippen molar-refractivity contribution in [2.45, 2.75) is 84.8 Å². The number of benzene rings is 2. The van der Waals surface area contributed by atoms with Crippen LogP contribution in [0.3, 0.4) is 0 Å². The third kappa shape index (κ3) is 6.32. The normalized spacial score (nSPS) is 17.9. The minimum absolute atomic E-state index is 0.217. The van der Waals surface area contributed by atoms with E-state index in [-0.39, 0.29) is 5.92 Å². The van der Waals surface area contributed by atoms with Gasteiger partial charge in [0.05, 0.1) is 11.6 Å². The summed E-state index contributed by atoms with van der Waals surface area (Å²) in [4.78, 5) is 19.0. The standard InChI is InChI=1S/C30H40N2O3/c1-4-23-15-22(11-12-27(23)17-32-18-28(19-32)30(33)34)20-35-31-21(3)26-13-14-29(24(5-2)16-26)25-9-7-6-8-10-25/h11-16,25,28H,4-10,17-20H2,1-3H3,(H,33,34). The quantitative estimate of drug-likeness (QED) is 0.322. The van der Waals surface area contributed by atoms with Crippen LogP contribution in [0.5, 0.6) is 0 Å². The van der Waals surface area contributed by atoms with Gasteiger partial charge in [-0.3, -0.25) is 9.69 Å². The monoisotopic (exact) mass is 476 g/mol. The van der Waals surface area contributed by atoms with Crippen molar-refractivity contribution in [3.63, 3.8) is 0 Å². The van der Waals surface area contributed by atoms with Crippen LogP contribution in [0.1, 0.15) is 92.2 Å². The molecule has 1 aliphatic carbocycles. The molecular formula is C30H40N2O3. The zero-order chi connectivity index (χ0) is 24.8. The minimum atomic E-state index is -0.689. The van der Waals surface area contributed by atoms with Gasteiger partial charge in [-0.25, -0.2) is 0 Å². The average Bonchev–Trinajstić information content (AvgIpc) is 2.86. The molecule has 0 aromatic heterocycles. The maximum Gasteiger partial charge on any atom is 0.309 e. The van der Waals surface area contributed by atoms with Crippen molar-refractivity contribution in [1.82, 2.24) is 4.90 Å². The molecule has 4 rings (SSSR count). The Hall–Kier alpha value is -2.66. The second-order valence-electron chi connectivity index (χ2n) is 10.2. The molecule has 0 atom stereocenters. The van der Waals surface area contributed by atoms with Crippen LogP contribution in [0.15, 0.2) is 41.6 Å². The summed E-state index contributed by atoms with van der Waals surface area (Å²) in [6, 6.07) is 13.3. The lowest BCUT2D eigenvalue weighted by Crippen LogP contribution is -2.49. The summed E-state index contributed by atoms with van der Waals surface area (Å²) in [5.41, 5.74) is 8.70. The maximum atomic E-state index is 11.0. The van der Waals surface area contributed by atoms with E-state index in [4.69, 9.17) is 9.94 Å².